The van der Waals surface area contributed by atoms with Gasteiger partial charge in [0.2, 0.25) is 0 Å². The van der Waals surface area contributed by atoms with E-state index in [9.17, 15) is 13.2 Å². The van der Waals surface area contributed by atoms with Gasteiger partial charge in [0.15, 0.2) is 9.84 Å². The van der Waals surface area contributed by atoms with Crippen LogP contribution in [-0.4, -0.2) is 31.3 Å². The molecule has 1 amide bonds. The predicted molar refractivity (Wildman–Crippen MR) is 91.7 cm³/mol. The monoisotopic (exact) mass is 348 g/mol. The molecule has 1 atom stereocenters. The summed E-state index contributed by atoms with van der Waals surface area (Å²) in [7, 11) is -3.22. The Morgan fingerprint density at radius 2 is 1.74 bits per heavy atom. The van der Waals surface area contributed by atoms with Crippen molar-refractivity contribution in [3.63, 3.8) is 0 Å². The number of rotatable bonds is 4. The van der Waals surface area contributed by atoms with E-state index in [4.69, 9.17) is 0 Å². The average molecular weight is 348 g/mol. The summed E-state index contributed by atoms with van der Waals surface area (Å²) in [6.07, 6.45) is 1.17. The van der Waals surface area contributed by atoms with Crippen LogP contribution in [0.1, 0.15) is 10.9 Å². The highest BCUT2D eigenvalue weighted by molar-refractivity contribution is 8.00. The number of hydrogen-bond acceptors (Lipinski definition) is 5. The van der Waals surface area contributed by atoms with Gasteiger partial charge in [0.25, 0.3) is 5.91 Å². The summed E-state index contributed by atoms with van der Waals surface area (Å²) >= 11 is 1.56. The molecule has 0 radical (unpaired) electrons. The standard InChI is InChI=1S/C16H16N2O3S2/c1-23(20,21)14-9-7-13(8-10-14)17-18-15(19)11-22-16(18)12-5-3-2-4-6-12/h2-10,16-17H,11H2,1H3. The van der Waals surface area contributed by atoms with Gasteiger partial charge in [-0.3, -0.25) is 10.2 Å². The van der Waals surface area contributed by atoms with E-state index < -0.39 is 9.84 Å². The third-order valence-corrected chi connectivity index (χ3v) is 5.83. The lowest BCUT2D eigenvalue weighted by atomic mass is 10.2. The van der Waals surface area contributed by atoms with Crippen molar-refractivity contribution in [2.75, 3.05) is 17.4 Å². The second-order valence-corrected chi connectivity index (χ2v) is 8.33. The number of carbonyl (C=O) groups is 1. The van der Waals surface area contributed by atoms with Gasteiger partial charge in [0.1, 0.15) is 5.37 Å². The van der Waals surface area contributed by atoms with E-state index >= 15 is 0 Å². The molecule has 3 rings (SSSR count). The summed E-state index contributed by atoms with van der Waals surface area (Å²) in [4.78, 5) is 12.4. The number of hydrogen-bond donors (Lipinski definition) is 1. The molecule has 1 saturated heterocycles. The lowest BCUT2D eigenvalue weighted by Crippen LogP contribution is -2.33. The van der Waals surface area contributed by atoms with Gasteiger partial charge in [0.05, 0.1) is 16.3 Å². The first kappa shape index (κ1) is 15.9. The molecule has 23 heavy (non-hydrogen) atoms. The molecule has 2 aromatic carbocycles. The van der Waals surface area contributed by atoms with Crippen molar-refractivity contribution < 1.29 is 13.2 Å². The number of hydrazine groups is 1. The van der Waals surface area contributed by atoms with Crippen LogP contribution in [0.25, 0.3) is 0 Å². The van der Waals surface area contributed by atoms with Crippen LogP contribution in [0.3, 0.4) is 0 Å². The molecular weight excluding hydrogens is 332 g/mol. The van der Waals surface area contributed by atoms with E-state index in [0.717, 1.165) is 5.56 Å². The summed E-state index contributed by atoms with van der Waals surface area (Å²) in [5.74, 6) is 0.407. The molecule has 1 fully saturated rings. The minimum absolute atomic E-state index is 0.00366. The fraction of sp³-hybridized carbons (Fsp3) is 0.188. The molecule has 120 valence electrons. The van der Waals surface area contributed by atoms with E-state index in [1.165, 1.54) is 18.4 Å². The van der Waals surface area contributed by atoms with Crippen molar-refractivity contribution in [1.29, 1.82) is 0 Å². The fourth-order valence-electron chi connectivity index (χ4n) is 2.32. The van der Waals surface area contributed by atoms with Gasteiger partial charge in [-0.25, -0.2) is 13.4 Å². The maximum atomic E-state index is 12.1. The quantitative estimate of drug-likeness (QED) is 0.920. The smallest absolute Gasteiger partial charge is 0.252 e. The van der Waals surface area contributed by atoms with Gasteiger partial charge >= 0.3 is 0 Å². The number of amides is 1. The molecule has 2 aromatic rings. The number of carbonyl (C=O) groups excluding carboxylic acids is 1. The molecule has 1 unspecified atom stereocenters. The van der Waals surface area contributed by atoms with Crippen LogP contribution in [0.15, 0.2) is 59.5 Å². The SMILES string of the molecule is CS(=O)(=O)c1ccc(NN2C(=O)CSC2c2ccccc2)cc1. The van der Waals surface area contributed by atoms with Crippen molar-refractivity contribution in [3.05, 3.63) is 60.2 Å². The minimum Gasteiger partial charge on any atom is -0.295 e. The average Bonchev–Trinajstić information content (AvgIpc) is 2.89. The van der Waals surface area contributed by atoms with E-state index in [0.29, 0.717) is 11.4 Å². The number of thioether (sulfide) groups is 1. The van der Waals surface area contributed by atoms with Crippen LogP contribution in [0.4, 0.5) is 5.69 Å². The number of nitrogens with zero attached hydrogens (tertiary/aromatic N) is 1. The number of nitrogens with one attached hydrogen (secondary N) is 1. The van der Waals surface area contributed by atoms with Gasteiger partial charge < -0.3 is 0 Å². The highest BCUT2D eigenvalue weighted by Crippen LogP contribution is 2.38. The second-order valence-electron chi connectivity index (χ2n) is 5.25. The van der Waals surface area contributed by atoms with Gasteiger partial charge in [-0.1, -0.05) is 30.3 Å². The third-order valence-electron chi connectivity index (χ3n) is 3.48. The van der Waals surface area contributed by atoms with Crippen LogP contribution in [0, 0.1) is 0 Å². The molecule has 1 heterocycles. The summed E-state index contributed by atoms with van der Waals surface area (Å²) in [6.45, 7) is 0. The number of anilines is 1. The predicted octanol–water partition coefficient (Wildman–Crippen LogP) is 2.69. The zero-order valence-electron chi connectivity index (χ0n) is 12.5. The van der Waals surface area contributed by atoms with Crippen LogP contribution in [0.5, 0.6) is 0 Å². The molecule has 0 aromatic heterocycles. The Labute approximate surface area is 139 Å². The van der Waals surface area contributed by atoms with Crippen molar-refractivity contribution in [2.24, 2.45) is 0 Å². The Morgan fingerprint density at radius 3 is 2.35 bits per heavy atom. The lowest BCUT2D eigenvalue weighted by molar-refractivity contribution is -0.126. The maximum Gasteiger partial charge on any atom is 0.252 e. The van der Waals surface area contributed by atoms with Crippen LogP contribution < -0.4 is 5.43 Å². The highest BCUT2D eigenvalue weighted by atomic mass is 32.2. The zero-order chi connectivity index (χ0) is 16.4. The molecule has 0 spiro atoms. The molecule has 1 N–H and O–H groups in total. The van der Waals surface area contributed by atoms with Gasteiger partial charge in [-0.2, -0.15) is 0 Å². The normalized spacial score (nSPS) is 18.2. The topological polar surface area (TPSA) is 66.5 Å². The molecule has 0 saturated carbocycles. The Morgan fingerprint density at radius 1 is 1.09 bits per heavy atom. The first-order valence-corrected chi connectivity index (χ1v) is 9.94. The second kappa shape index (κ2) is 6.25. The van der Waals surface area contributed by atoms with Crippen LogP contribution in [0.2, 0.25) is 0 Å². The first-order chi connectivity index (χ1) is 10.9. The molecule has 5 nitrogen and oxygen atoms in total. The Bertz CT molecular complexity index is 805. The van der Waals surface area contributed by atoms with Crippen molar-refractivity contribution in [2.45, 2.75) is 10.3 Å². The molecule has 7 heteroatoms. The van der Waals surface area contributed by atoms with Crippen molar-refractivity contribution in [3.8, 4) is 0 Å². The van der Waals surface area contributed by atoms with Gasteiger partial charge in [-0.05, 0) is 29.8 Å². The number of benzene rings is 2. The minimum atomic E-state index is -3.22. The molecule has 0 bridgehead atoms. The van der Waals surface area contributed by atoms with Gasteiger partial charge in [-0.15, -0.1) is 11.8 Å². The van der Waals surface area contributed by atoms with Crippen molar-refractivity contribution >= 4 is 33.2 Å². The maximum absolute atomic E-state index is 12.1. The fourth-order valence-corrected chi connectivity index (χ4v) is 4.06. The van der Waals surface area contributed by atoms with E-state index in [1.54, 1.807) is 28.9 Å². The molecule has 1 aliphatic heterocycles. The Balaban J connectivity index is 1.81. The summed E-state index contributed by atoms with van der Waals surface area (Å²) in [6, 6.07) is 16.2. The van der Waals surface area contributed by atoms with Gasteiger partial charge in [0, 0.05) is 6.26 Å². The van der Waals surface area contributed by atoms with E-state index in [2.05, 4.69) is 5.43 Å². The highest BCUT2D eigenvalue weighted by Gasteiger charge is 2.33. The van der Waals surface area contributed by atoms with Crippen LogP contribution >= 0.6 is 11.8 Å². The lowest BCUT2D eigenvalue weighted by Gasteiger charge is -2.25. The molecular formula is C16H16N2O3S2. The largest absolute Gasteiger partial charge is 0.295 e. The third kappa shape index (κ3) is 3.51. The molecule has 0 aliphatic carbocycles. The zero-order valence-corrected chi connectivity index (χ0v) is 14.1. The van der Waals surface area contributed by atoms with E-state index in [1.807, 2.05) is 30.3 Å². The Hall–Kier alpha value is -1.99. The number of sulfone groups is 1. The van der Waals surface area contributed by atoms with E-state index in [-0.39, 0.29) is 16.2 Å². The summed E-state index contributed by atoms with van der Waals surface area (Å²) in [5, 5.41) is 1.49. The summed E-state index contributed by atoms with van der Waals surface area (Å²) < 4.78 is 23.0. The summed E-state index contributed by atoms with van der Waals surface area (Å²) in [5.41, 5.74) is 4.81. The first-order valence-electron chi connectivity index (χ1n) is 7.00. The molecule has 1 aliphatic rings. The Kier molecular flexibility index (Phi) is 4.32. The van der Waals surface area contributed by atoms with Crippen LogP contribution in [-0.2, 0) is 14.6 Å². The van der Waals surface area contributed by atoms with Crippen molar-refractivity contribution in [1.82, 2.24) is 5.01 Å².